The highest BCUT2D eigenvalue weighted by Crippen LogP contribution is 2.07. The van der Waals surface area contributed by atoms with Crippen molar-refractivity contribution in [3.05, 3.63) is 35.9 Å². The second-order valence-electron chi connectivity index (χ2n) is 4.39. The van der Waals surface area contributed by atoms with E-state index < -0.39 is 12.1 Å². The number of carbonyl (C=O) groups is 2. The number of alkyl carbamates (subject to hydrolysis) is 1. The molecule has 0 saturated carbocycles. The molecular weight excluding hydrogens is 246 g/mol. The molecule has 0 heterocycles. The number of carbonyl (C=O) groups excluding carboxylic acids is 2. The van der Waals surface area contributed by atoms with Crippen molar-refractivity contribution in [3.8, 4) is 0 Å². The van der Waals surface area contributed by atoms with E-state index in [1.807, 2.05) is 54.6 Å². The van der Waals surface area contributed by atoms with Gasteiger partial charge in [-0.1, -0.05) is 30.3 Å². The maximum absolute atomic E-state index is 11.2. The fourth-order valence-electron chi connectivity index (χ4n) is 1.59. The van der Waals surface area contributed by atoms with Crippen LogP contribution >= 0.6 is 0 Å². The Labute approximate surface area is 112 Å². The summed E-state index contributed by atoms with van der Waals surface area (Å²) in [7, 11) is 3.81. The Morgan fingerprint density at radius 3 is 2.47 bits per heavy atom. The smallest absolute Gasteiger partial charge is 0.415 e. The standard InChI is InChI=1S/C13H19N3O3/c1-16(2)11(8-10-6-4-3-5-7-10)9-19-13(18)15-12(14)17/h3-7,11H,8-9H2,1-2H3,(H3,14,15,17,18)/t11-/m1/s1. The molecule has 19 heavy (non-hydrogen) atoms. The molecule has 3 N–H and O–H groups in total. The summed E-state index contributed by atoms with van der Waals surface area (Å²) in [5, 5.41) is 1.86. The zero-order valence-electron chi connectivity index (χ0n) is 11.1. The largest absolute Gasteiger partial charge is 0.448 e. The van der Waals surface area contributed by atoms with Crippen LogP contribution in [0, 0.1) is 0 Å². The van der Waals surface area contributed by atoms with E-state index in [1.165, 1.54) is 0 Å². The van der Waals surface area contributed by atoms with Crippen LogP contribution in [0.2, 0.25) is 0 Å². The zero-order valence-corrected chi connectivity index (χ0v) is 11.1. The maximum Gasteiger partial charge on any atom is 0.415 e. The van der Waals surface area contributed by atoms with Gasteiger partial charge in [-0.05, 0) is 26.1 Å². The van der Waals surface area contributed by atoms with E-state index >= 15 is 0 Å². The summed E-state index contributed by atoms with van der Waals surface area (Å²) in [4.78, 5) is 23.6. The summed E-state index contributed by atoms with van der Waals surface area (Å²) in [6.45, 7) is 0.182. The van der Waals surface area contributed by atoms with Crippen LogP contribution in [0.15, 0.2) is 30.3 Å². The monoisotopic (exact) mass is 265 g/mol. The predicted octanol–water partition coefficient (Wildman–Crippen LogP) is 0.964. The van der Waals surface area contributed by atoms with E-state index in [9.17, 15) is 9.59 Å². The van der Waals surface area contributed by atoms with Gasteiger partial charge in [0.1, 0.15) is 6.61 Å². The first kappa shape index (κ1) is 15.0. The van der Waals surface area contributed by atoms with Crippen LogP contribution in [-0.4, -0.2) is 43.8 Å². The topological polar surface area (TPSA) is 84.7 Å². The van der Waals surface area contributed by atoms with Gasteiger partial charge >= 0.3 is 12.1 Å². The maximum atomic E-state index is 11.2. The lowest BCUT2D eigenvalue weighted by molar-refractivity contribution is 0.111. The van der Waals surface area contributed by atoms with E-state index in [2.05, 4.69) is 0 Å². The number of primary amides is 1. The lowest BCUT2D eigenvalue weighted by atomic mass is 10.1. The Balaban J connectivity index is 2.50. The predicted molar refractivity (Wildman–Crippen MR) is 71.7 cm³/mol. The highest BCUT2D eigenvalue weighted by Gasteiger charge is 2.15. The average molecular weight is 265 g/mol. The Kier molecular flexibility index (Phi) is 5.81. The van der Waals surface area contributed by atoms with E-state index in [4.69, 9.17) is 10.5 Å². The number of benzene rings is 1. The summed E-state index contributed by atoms with van der Waals surface area (Å²) in [6.07, 6.45) is -0.0788. The molecule has 1 atom stereocenters. The van der Waals surface area contributed by atoms with Gasteiger partial charge in [0.05, 0.1) is 0 Å². The molecular formula is C13H19N3O3. The lowest BCUT2D eigenvalue weighted by Gasteiger charge is -2.23. The van der Waals surface area contributed by atoms with Crippen LogP contribution in [0.5, 0.6) is 0 Å². The van der Waals surface area contributed by atoms with Gasteiger partial charge in [0.15, 0.2) is 0 Å². The minimum Gasteiger partial charge on any atom is -0.448 e. The molecule has 6 heteroatoms. The molecule has 3 amide bonds. The molecule has 1 rings (SSSR count). The molecule has 0 bridgehead atoms. The van der Waals surface area contributed by atoms with Gasteiger partial charge in [-0.25, -0.2) is 14.9 Å². The number of likely N-dealkylation sites (N-methyl/N-ethyl adjacent to an activating group) is 1. The third-order valence-electron chi connectivity index (χ3n) is 2.68. The van der Waals surface area contributed by atoms with Gasteiger partial charge in [0, 0.05) is 6.04 Å². The molecule has 1 aromatic carbocycles. The number of ether oxygens (including phenoxy) is 1. The fraction of sp³-hybridized carbons (Fsp3) is 0.385. The quantitative estimate of drug-likeness (QED) is 0.830. The first-order chi connectivity index (χ1) is 8.99. The number of nitrogens with zero attached hydrogens (tertiary/aromatic N) is 1. The molecule has 0 aromatic heterocycles. The van der Waals surface area contributed by atoms with Crippen LogP contribution in [0.4, 0.5) is 9.59 Å². The minimum absolute atomic E-state index is 0.0287. The average Bonchev–Trinajstić information content (AvgIpc) is 2.34. The van der Waals surface area contributed by atoms with E-state index in [0.29, 0.717) is 0 Å². The van der Waals surface area contributed by atoms with Gasteiger partial charge < -0.3 is 15.4 Å². The van der Waals surface area contributed by atoms with Crippen molar-refractivity contribution < 1.29 is 14.3 Å². The number of imide groups is 1. The Morgan fingerprint density at radius 1 is 1.32 bits per heavy atom. The van der Waals surface area contributed by atoms with Crippen molar-refractivity contribution in [3.63, 3.8) is 0 Å². The van der Waals surface area contributed by atoms with Crippen molar-refractivity contribution in [1.29, 1.82) is 0 Å². The van der Waals surface area contributed by atoms with E-state index in [1.54, 1.807) is 0 Å². The fourth-order valence-corrected chi connectivity index (χ4v) is 1.59. The molecule has 1 aromatic rings. The van der Waals surface area contributed by atoms with Crippen LogP contribution in [0.25, 0.3) is 0 Å². The highest BCUT2D eigenvalue weighted by molar-refractivity contribution is 5.89. The number of rotatable bonds is 5. The van der Waals surface area contributed by atoms with E-state index in [-0.39, 0.29) is 12.6 Å². The summed E-state index contributed by atoms with van der Waals surface area (Å²) >= 11 is 0. The normalized spacial score (nSPS) is 11.9. The number of nitrogens with two attached hydrogens (primary N) is 1. The number of amides is 3. The number of hydrogen-bond acceptors (Lipinski definition) is 4. The highest BCUT2D eigenvalue weighted by atomic mass is 16.5. The van der Waals surface area contributed by atoms with Crippen LogP contribution in [-0.2, 0) is 11.2 Å². The number of nitrogens with one attached hydrogen (secondary N) is 1. The van der Waals surface area contributed by atoms with Gasteiger partial charge in [-0.3, -0.25) is 0 Å². The van der Waals surface area contributed by atoms with Gasteiger partial charge in [0.2, 0.25) is 0 Å². The molecule has 0 unspecified atom stereocenters. The minimum atomic E-state index is -0.922. The Bertz CT molecular complexity index is 420. The summed E-state index contributed by atoms with van der Waals surface area (Å²) in [6, 6.07) is 9.01. The molecule has 0 aliphatic carbocycles. The summed E-state index contributed by atoms with van der Waals surface area (Å²) in [5.41, 5.74) is 5.97. The third-order valence-corrected chi connectivity index (χ3v) is 2.68. The SMILES string of the molecule is CN(C)[C@@H](COC(=O)NC(N)=O)Cc1ccccc1. The zero-order chi connectivity index (χ0) is 14.3. The van der Waals surface area contributed by atoms with Crippen molar-refractivity contribution >= 4 is 12.1 Å². The summed E-state index contributed by atoms with van der Waals surface area (Å²) < 4.78 is 4.96. The van der Waals surface area contributed by atoms with Crippen molar-refractivity contribution in [1.82, 2.24) is 10.2 Å². The van der Waals surface area contributed by atoms with Crippen LogP contribution in [0.3, 0.4) is 0 Å². The first-order valence-corrected chi connectivity index (χ1v) is 5.92. The summed E-state index contributed by atoms with van der Waals surface area (Å²) in [5.74, 6) is 0. The van der Waals surface area contributed by atoms with Crippen LogP contribution < -0.4 is 11.1 Å². The molecule has 104 valence electrons. The van der Waals surface area contributed by atoms with Crippen molar-refractivity contribution in [2.45, 2.75) is 12.5 Å². The molecule has 0 spiro atoms. The van der Waals surface area contributed by atoms with Crippen molar-refractivity contribution in [2.24, 2.45) is 5.73 Å². The number of urea groups is 1. The molecule has 0 aliphatic rings. The van der Waals surface area contributed by atoms with Gasteiger partial charge in [-0.15, -0.1) is 0 Å². The second-order valence-corrected chi connectivity index (χ2v) is 4.39. The number of hydrogen-bond donors (Lipinski definition) is 2. The van der Waals surface area contributed by atoms with Crippen LogP contribution in [0.1, 0.15) is 5.56 Å². The lowest BCUT2D eigenvalue weighted by Crippen LogP contribution is -2.40. The van der Waals surface area contributed by atoms with Gasteiger partial charge in [-0.2, -0.15) is 0 Å². The van der Waals surface area contributed by atoms with Crippen molar-refractivity contribution in [2.75, 3.05) is 20.7 Å². The molecule has 0 saturated heterocycles. The van der Waals surface area contributed by atoms with Gasteiger partial charge in [0.25, 0.3) is 0 Å². The molecule has 0 aliphatic heterocycles. The first-order valence-electron chi connectivity index (χ1n) is 5.92. The third kappa shape index (κ3) is 5.87. The van der Waals surface area contributed by atoms with E-state index in [0.717, 1.165) is 12.0 Å². The Morgan fingerprint density at radius 2 is 1.95 bits per heavy atom. The molecule has 6 nitrogen and oxygen atoms in total. The molecule has 0 fully saturated rings. The molecule has 0 radical (unpaired) electrons. The Hall–Kier alpha value is -2.08. The second kappa shape index (κ2) is 7.38.